The fraction of sp³-hybridized carbons (Fsp3) is 0.250. The first-order valence-electron chi connectivity index (χ1n) is 12.0. The fourth-order valence-electron chi connectivity index (χ4n) is 4.49. The standard InChI is InChI=1S/C28H26ClN5O2S/c1-17-11-18(2)26(31-13-17)21-12-25(30-15-23(21)29)34-10-9-24-22(19(34)3)14-32-27(33-24)37-28(35)36-16-20-7-5-4-6-8-20/h4-8,11-15,19H,9-10,16H2,1-3H3/t19-/m1/s1. The molecule has 188 valence electrons. The number of halogens is 1. The van der Waals surface area contributed by atoms with Gasteiger partial charge in [-0.3, -0.25) is 4.98 Å². The molecule has 0 saturated carbocycles. The van der Waals surface area contributed by atoms with Gasteiger partial charge in [0.15, 0.2) is 5.16 Å². The maximum absolute atomic E-state index is 12.3. The van der Waals surface area contributed by atoms with Gasteiger partial charge in [0.25, 0.3) is 0 Å². The van der Waals surface area contributed by atoms with Gasteiger partial charge in [0.2, 0.25) is 0 Å². The zero-order chi connectivity index (χ0) is 25.9. The SMILES string of the molecule is Cc1cnc(-c2cc(N3CCc4nc(SC(=O)OCc5ccccc5)ncc4[C@H]3C)ncc2Cl)c(C)c1. The number of carbonyl (C=O) groups is 1. The molecule has 0 aliphatic carbocycles. The summed E-state index contributed by atoms with van der Waals surface area (Å²) in [5.41, 5.74) is 6.77. The van der Waals surface area contributed by atoms with E-state index in [1.807, 2.05) is 56.4 Å². The van der Waals surface area contributed by atoms with Gasteiger partial charge in [-0.2, -0.15) is 0 Å². The first kappa shape index (κ1) is 25.2. The van der Waals surface area contributed by atoms with Gasteiger partial charge in [0.1, 0.15) is 12.4 Å². The molecule has 1 aliphatic rings. The molecule has 7 nitrogen and oxygen atoms in total. The molecule has 0 saturated heterocycles. The Kier molecular flexibility index (Phi) is 7.39. The molecule has 37 heavy (non-hydrogen) atoms. The van der Waals surface area contributed by atoms with Gasteiger partial charge in [-0.05, 0) is 43.5 Å². The number of benzene rings is 1. The number of thioether (sulfide) groups is 1. The van der Waals surface area contributed by atoms with Crippen LogP contribution in [0.1, 0.15) is 40.9 Å². The number of pyridine rings is 2. The van der Waals surface area contributed by atoms with Crippen LogP contribution in [-0.4, -0.2) is 31.8 Å². The van der Waals surface area contributed by atoms with Crippen LogP contribution < -0.4 is 4.90 Å². The Morgan fingerprint density at radius 1 is 1.11 bits per heavy atom. The van der Waals surface area contributed by atoms with Gasteiger partial charge < -0.3 is 9.64 Å². The van der Waals surface area contributed by atoms with E-state index in [0.29, 0.717) is 16.6 Å². The number of hydrogen-bond donors (Lipinski definition) is 0. The molecule has 5 rings (SSSR count). The van der Waals surface area contributed by atoms with E-state index in [2.05, 4.69) is 37.8 Å². The highest BCUT2D eigenvalue weighted by Crippen LogP contribution is 2.36. The summed E-state index contributed by atoms with van der Waals surface area (Å²) in [5, 5.41) is 0.537. The number of carbonyl (C=O) groups excluding carboxylic acids is 1. The molecule has 1 aliphatic heterocycles. The Bertz CT molecular complexity index is 1450. The minimum Gasteiger partial charge on any atom is -0.452 e. The van der Waals surface area contributed by atoms with Crippen LogP contribution in [0.5, 0.6) is 0 Å². The molecule has 0 amide bonds. The van der Waals surface area contributed by atoms with Crippen LogP contribution in [0.15, 0.2) is 66.2 Å². The van der Waals surface area contributed by atoms with Gasteiger partial charge >= 0.3 is 5.30 Å². The van der Waals surface area contributed by atoms with Crippen LogP contribution >= 0.6 is 23.4 Å². The second-order valence-electron chi connectivity index (χ2n) is 9.00. The Hall–Kier alpha value is -3.49. The Labute approximate surface area is 225 Å². The highest BCUT2D eigenvalue weighted by Gasteiger charge is 2.28. The number of nitrogens with zero attached hydrogens (tertiary/aromatic N) is 5. The highest BCUT2D eigenvalue weighted by atomic mass is 35.5. The summed E-state index contributed by atoms with van der Waals surface area (Å²) in [7, 11) is 0. The Morgan fingerprint density at radius 2 is 1.92 bits per heavy atom. The van der Waals surface area contributed by atoms with Crippen LogP contribution in [-0.2, 0) is 17.8 Å². The molecular weight excluding hydrogens is 506 g/mol. The summed E-state index contributed by atoms with van der Waals surface area (Å²) in [6.45, 7) is 7.11. The normalized spacial score (nSPS) is 14.8. The van der Waals surface area contributed by atoms with E-state index in [1.54, 1.807) is 12.4 Å². The summed E-state index contributed by atoms with van der Waals surface area (Å²) in [5.74, 6) is 0.822. The molecular formula is C28H26ClN5O2S. The van der Waals surface area contributed by atoms with Crippen molar-refractivity contribution in [2.75, 3.05) is 11.4 Å². The average Bonchev–Trinajstić information content (AvgIpc) is 2.89. The second kappa shape index (κ2) is 10.9. The molecule has 0 radical (unpaired) electrons. The zero-order valence-electron chi connectivity index (χ0n) is 20.8. The lowest BCUT2D eigenvalue weighted by Crippen LogP contribution is -2.35. The van der Waals surface area contributed by atoms with Gasteiger partial charge in [-0.1, -0.05) is 48.0 Å². The molecule has 0 N–H and O–H groups in total. The predicted molar refractivity (Wildman–Crippen MR) is 146 cm³/mol. The van der Waals surface area contributed by atoms with Crippen molar-refractivity contribution in [2.24, 2.45) is 0 Å². The molecule has 9 heteroatoms. The molecule has 0 spiro atoms. The lowest BCUT2D eigenvalue weighted by Gasteiger charge is -2.35. The van der Waals surface area contributed by atoms with Crippen molar-refractivity contribution in [3.8, 4) is 11.3 Å². The van der Waals surface area contributed by atoms with E-state index in [9.17, 15) is 4.79 Å². The summed E-state index contributed by atoms with van der Waals surface area (Å²) in [6.07, 6.45) is 6.04. The Morgan fingerprint density at radius 3 is 2.70 bits per heavy atom. The number of aryl methyl sites for hydroxylation is 2. The summed E-state index contributed by atoms with van der Waals surface area (Å²) in [6, 6.07) is 13.7. The largest absolute Gasteiger partial charge is 0.452 e. The quantitative estimate of drug-likeness (QED) is 0.159. The van der Waals surface area contributed by atoms with Gasteiger partial charge in [-0.15, -0.1) is 0 Å². The number of aromatic nitrogens is 4. The summed E-state index contributed by atoms with van der Waals surface area (Å²) >= 11 is 7.44. The van der Waals surface area contributed by atoms with Crippen LogP contribution in [0.2, 0.25) is 5.02 Å². The third-order valence-electron chi connectivity index (χ3n) is 6.36. The number of anilines is 1. The number of ether oxygens (including phenoxy) is 1. The minimum absolute atomic E-state index is 0.00133. The van der Waals surface area contributed by atoms with Crippen molar-refractivity contribution in [3.63, 3.8) is 0 Å². The highest BCUT2D eigenvalue weighted by molar-refractivity contribution is 8.13. The van der Waals surface area contributed by atoms with Crippen molar-refractivity contribution in [2.45, 2.75) is 45.0 Å². The number of rotatable bonds is 5. The maximum Gasteiger partial charge on any atom is 0.375 e. The van der Waals surface area contributed by atoms with Gasteiger partial charge in [-0.25, -0.2) is 19.7 Å². The molecule has 0 bridgehead atoms. The lowest BCUT2D eigenvalue weighted by atomic mass is 9.99. The van der Waals surface area contributed by atoms with Crippen molar-refractivity contribution < 1.29 is 9.53 Å². The smallest absolute Gasteiger partial charge is 0.375 e. The molecule has 1 atom stereocenters. The van der Waals surface area contributed by atoms with Crippen molar-refractivity contribution in [1.82, 2.24) is 19.9 Å². The van der Waals surface area contributed by atoms with Crippen LogP contribution in [0.3, 0.4) is 0 Å². The van der Waals surface area contributed by atoms with Crippen molar-refractivity contribution >= 4 is 34.5 Å². The van der Waals surface area contributed by atoms with E-state index in [-0.39, 0.29) is 12.6 Å². The monoisotopic (exact) mass is 531 g/mol. The van der Waals surface area contributed by atoms with Gasteiger partial charge in [0, 0.05) is 54.4 Å². The average molecular weight is 532 g/mol. The molecule has 0 unspecified atom stereocenters. The van der Waals surface area contributed by atoms with Crippen LogP contribution in [0.25, 0.3) is 11.3 Å². The van der Waals surface area contributed by atoms with E-state index in [1.165, 1.54) is 0 Å². The van der Waals surface area contributed by atoms with E-state index < -0.39 is 5.30 Å². The minimum atomic E-state index is -0.424. The Balaban J connectivity index is 1.31. The number of fused-ring (bicyclic) bond motifs is 1. The fourth-order valence-corrected chi connectivity index (χ4v) is 5.21. The van der Waals surface area contributed by atoms with E-state index >= 15 is 0 Å². The summed E-state index contributed by atoms with van der Waals surface area (Å²) < 4.78 is 5.36. The predicted octanol–water partition coefficient (Wildman–Crippen LogP) is 6.76. The second-order valence-corrected chi connectivity index (χ2v) is 10.3. The molecule has 3 aromatic heterocycles. The van der Waals surface area contributed by atoms with Crippen LogP contribution in [0.4, 0.5) is 10.6 Å². The summed E-state index contributed by atoms with van der Waals surface area (Å²) in [4.78, 5) is 32.9. The first-order chi connectivity index (χ1) is 17.9. The molecule has 1 aromatic carbocycles. The van der Waals surface area contributed by atoms with E-state index in [4.69, 9.17) is 16.3 Å². The third-order valence-corrected chi connectivity index (χ3v) is 7.33. The van der Waals surface area contributed by atoms with Crippen LogP contribution in [0, 0.1) is 13.8 Å². The molecule has 4 aromatic rings. The molecule has 4 heterocycles. The van der Waals surface area contributed by atoms with Crippen molar-refractivity contribution in [3.05, 3.63) is 94.0 Å². The first-order valence-corrected chi connectivity index (χ1v) is 13.2. The van der Waals surface area contributed by atoms with Crippen molar-refractivity contribution in [1.29, 1.82) is 0 Å². The van der Waals surface area contributed by atoms with E-state index in [0.717, 1.165) is 63.3 Å². The topological polar surface area (TPSA) is 81.1 Å². The third kappa shape index (κ3) is 5.60. The molecule has 0 fully saturated rings. The zero-order valence-corrected chi connectivity index (χ0v) is 22.4. The number of hydrogen-bond acceptors (Lipinski definition) is 8. The maximum atomic E-state index is 12.3. The van der Waals surface area contributed by atoms with Gasteiger partial charge in [0.05, 0.1) is 22.5 Å². The lowest BCUT2D eigenvalue weighted by molar-refractivity contribution is 0.168.